The monoisotopic (exact) mass is 407 g/mol. The van der Waals surface area contributed by atoms with Gasteiger partial charge in [0.1, 0.15) is 5.52 Å². The van der Waals surface area contributed by atoms with Crippen molar-refractivity contribution in [2.75, 3.05) is 13.1 Å². The zero-order valence-corrected chi connectivity index (χ0v) is 16.8. The highest BCUT2D eigenvalue weighted by Gasteiger charge is 2.29. The van der Waals surface area contributed by atoms with Gasteiger partial charge in [-0.25, -0.2) is 9.97 Å². The summed E-state index contributed by atoms with van der Waals surface area (Å²) in [5.41, 5.74) is 12.7. The maximum Gasteiger partial charge on any atom is 0.253 e. The van der Waals surface area contributed by atoms with Crippen LogP contribution in [0.2, 0.25) is 0 Å². The first-order valence-corrected chi connectivity index (χ1v) is 9.93. The molecule has 0 saturated carbocycles. The summed E-state index contributed by atoms with van der Waals surface area (Å²) in [5, 5.41) is 6.56. The highest BCUT2D eigenvalue weighted by atomic mass is 19.1. The van der Waals surface area contributed by atoms with E-state index in [0.29, 0.717) is 46.9 Å². The van der Waals surface area contributed by atoms with E-state index >= 15 is 0 Å². The van der Waals surface area contributed by atoms with Gasteiger partial charge in [-0.1, -0.05) is 24.2 Å². The summed E-state index contributed by atoms with van der Waals surface area (Å²) in [4.78, 5) is 27.0. The minimum Gasteiger partial charge on any atom is -0.357 e. The maximum atomic E-state index is 14.1. The number of rotatable bonds is 6. The van der Waals surface area contributed by atoms with Crippen LogP contribution in [0.25, 0.3) is 32.7 Å². The highest BCUT2D eigenvalue weighted by Crippen LogP contribution is 2.35. The van der Waals surface area contributed by atoms with Crippen LogP contribution in [-0.4, -0.2) is 33.9 Å². The molecule has 1 aromatic carbocycles. The third-order valence-electron chi connectivity index (χ3n) is 5.58. The smallest absolute Gasteiger partial charge is 0.253 e. The van der Waals surface area contributed by atoms with E-state index < -0.39 is 5.95 Å². The van der Waals surface area contributed by atoms with Gasteiger partial charge in [-0.2, -0.15) is 4.39 Å². The number of carbonyl (C=O) groups is 1. The number of aromatic amines is 1. The van der Waals surface area contributed by atoms with Crippen molar-refractivity contribution in [2.24, 2.45) is 11.0 Å². The van der Waals surface area contributed by atoms with E-state index in [4.69, 9.17) is 5.53 Å². The van der Waals surface area contributed by atoms with Crippen LogP contribution in [0.5, 0.6) is 0 Å². The average Bonchev–Trinajstić information content (AvgIpc) is 3.17. The highest BCUT2D eigenvalue weighted by molar-refractivity contribution is 5.99. The second kappa shape index (κ2) is 8.12. The molecule has 0 saturated heterocycles. The molecule has 0 aliphatic carbocycles. The molecule has 0 spiro atoms. The summed E-state index contributed by atoms with van der Waals surface area (Å²) >= 11 is 0. The molecule has 3 heterocycles. The third-order valence-corrected chi connectivity index (χ3v) is 5.58. The van der Waals surface area contributed by atoms with Gasteiger partial charge in [0.05, 0.1) is 16.8 Å². The van der Waals surface area contributed by atoms with Gasteiger partial charge in [0, 0.05) is 40.9 Å². The third kappa shape index (κ3) is 3.71. The van der Waals surface area contributed by atoms with Crippen molar-refractivity contribution < 1.29 is 9.18 Å². The number of halogens is 1. The Hall–Kier alpha value is -3.45. The zero-order valence-electron chi connectivity index (χ0n) is 16.8. The number of para-hydroxylation sites is 1. The second-order valence-electron chi connectivity index (χ2n) is 7.77. The lowest BCUT2D eigenvalue weighted by Gasteiger charge is -2.25. The molecule has 1 amide bonds. The number of azide groups is 1. The van der Waals surface area contributed by atoms with Gasteiger partial charge < -0.3 is 10.3 Å². The quantitative estimate of drug-likeness (QED) is 0.352. The van der Waals surface area contributed by atoms with E-state index in [-0.39, 0.29) is 17.5 Å². The normalized spacial score (nSPS) is 16.6. The first kappa shape index (κ1) is 19.8. The summed E-state index contributed by atoms with van der Waals surface area (Å²) in [6.45, 7) is 4.69. The molecular formula is C21H22FN7O. The van der Waals surface area contributed by atoms with Crippen LogP contribution in [-0.2, 0) is 0 Å². The van der Waals surface area contributed by atoms with Crippen LogP contribution in [0.1, 0.15) is 47.4 Å². The zero-order chi connectivity index (χ0) is 21.3. The maximum absolute atomic E-state index is 14.1. The number of aromatic nitrogens is 3. The minimum absolute atomic E-state index is 0.118. The number of hydrogen-bond donors (Lipinski definition) is 2. The summed E-state index contributed by atoms with van der Waals surface area (Å²) in [6, 6.07) is 7.29. The molecule has 0 bridgehead atoms. The number of H-pyrrole nitrogens is 1. The Morgan fingerprint density at radius 2 is 2.20 bits per heavy atom. The van der Waals surface area contributed by atoms with E-state index in [2.05, 4.69) is 37.2 Å². The standard InChI is InChI=1S/C21H22FN7O/c1-11(6-7-25-29-23)8-13-10-24-21(30)15-9-17(27-18(13)15)14-4-3-5-16-19(14)28-20(22)12(2)26-16/h3-5,9,11,13,27H,6-8,10H2,1-2H3,(H,24,30). The molecule has 2 unspecified atom stereocenters. The van der Waals surface area contributed by atoms with Gasteiger partial charge in [-0.15, -0.1) is 0 Å². The molecule has 1 aliphatic heterocycles. The van der Waals surface area contributed by atoms with Crippen molar-refractivity contribution in [3.63, 3.8) is 0 Å². The van der Waals surface area contributed by atoms with Crippen LogP contribution in [0.3, 0.4) is 0 Å². The topological polar surface area (TPSA) is 119 Å². The van der Waals surface area contributed by atoms with Crippen molar-refractivity contribution in [3.8, 4) is 11.3 Å². The fourth-order valence-electron chi connectivity index (χ4n) is 4.03. The molecule has 1 aliphatic rings. The van der Waals surface area contributed by atoms with Crippen LogP contribution in [0, 0.1) is 18.8 Å². The fraction of sp³-hybridized carbons (Fsp3) is 0.381. The van der Waals surface area contributed by atoms with Crippen molar-refractivity contribution in [2.45, 2.75) is 32.6 Å². The lowest BCUT2D eigenvalue weighted by Crippen LogP contribution is -2.35. The van der Waals surface area contributed by atoms with Gasteiger partial charge in [-0.3, -0.25) is 4.79 Å². The molecule has 30 heavy (non-hydrogen) atoms. The molecule has 2 aromatic heterocycles. The predicted octanol–water partition coefficient (Wildman–Crippen LogP) is 4.63. The number of benzene rings is 1. The number of nitrogens with zero attached hydrogens (tertiary/aromatic N) is 5. The molecule has 0 radical (unpaired) electrons. The van der Waals surface area contributed by atoms with Crippen molar-refractivity contribution in [1.82, 2.24) is 20.3 Å². The minimum atomic E-state index is -0.601. The number of amides is 1. The SMILES string of the molecule is Cc1nc2cccc(-c3cc4c([nH]3)C(CC(C)CCN=[N+]=[N-])CNC4=O)c2nc1F. The van der Waals surface area contributed by atoms with Crippen molar-refractivity contribution in [3.05, 3.63) is 57.6 Å². The molecule has 4 rings (SSSR count). The molecule has 3 aromatic rings. The first-order valence-electron chi connectivity index (χ1n) is 9.93. The van der Waals surface area contributed by atoms with Gasteiger partial charge >= 0.3 is 0 Å². The summed E-state index contributed by atoms with van der Waals surface area (Å²) in [7, 11) is 0. The van der Waals surface area contributed by atoms with Gasteiger partial charge in [0.15, 0.2) is 0 Å². The average molecular weight is 407 g/mol. The van der Waals surface area contributed by atoms with Gasteiger partial charge in [0.2, 0.25) is 5.95 Å². The predicted molar refractivity (Wildman–Crippen MR) is 112 cm³/mol. The van der Waals surface area contributed by atoms with Crippen molar-refractivity contribution in [1.29, 1.82) is 0 Å². The van der Waals surface area contributed by atoms with E-state index in [1.807, 2.05) is 12.1 Å². The molecule has 0 fully saturated rings. The fourth-order valence-corrected chi connectivity index (χ4v) is 4.03. The summed E-state index contributed by atoms with van der Waals surface area (Å²) < 4.78 is 14.1. The van der Waals surface area contributed by atoms with E-state index in [9.17, 15) is 9.18 Å². The number of nitrogens with one attached hydrogen (secondary N) is 2. The Morgan fingerprint density at radius 1 is 1.37 bits per heavy atom. The molecular weight excluding hydrogens is 385 g/mol. The van der Waals surface area contributed by atoms with Gasteiger partial charge in [0.25, 0.3) is 5.91 Å². The largest absolute Gasteiger partial charge is 0.357 e. The summed E-state index contributed by atoms with van der Waals surface area (Å²) in [6.07, 6.45) is 1.63. The second-order valence-corrected chi connectivity index (χ2v) is 7.77. The molecule has 2 N–H and O–H groups in total. The Kier molecular flexibility index (Phi) is 5.37. The Labute approximate surface area is 172 Å². The number of hydrogen-bond acceptors (Lipinski definition) is 4. The first-order chi connectivity index (χ1) is 14.5. The van der Waals surface area contributed by atoms with Crippen molar-refractivity contribution >= 4 is 16.9 Å². The summed E-state index contributed by atoms with van der Waals surface area (Å²) in [5.74, 6) is -0.280. The number of carbonyl (C=O) groups excluding carboxylic acids is 1. The lowest BCUT2D eigenvalue weighted by atomic mass is 9.87. The van der Waals surface area contributed by atoms with Crippen LogP contribution < -0.4 is 5.32 Å². The van der Waals surface area contributed by atoms with E-state index in [1.165, 1.54) is 0 Å². The Morgan fingerprint density at radius 3 is 3.00 bits per heavy atom. The van der Waals surface area contributed by atoms with E-state index in [1.54, 1.807) is 19.1 Å². The molecule has 154 valence electrons. The number of fused-ring (bicyclic) bond motifs is 2. The van der Waals surface area contributed by atoms with E-state index in [0.717, 1.165) is 18.5 Å². The number of aryl methyl sites for hydroxylation is 1. The Balaban J connectivity index is 1.70. The van der Waals surface area contributed by atoms with Crippen LogP contribution >= 0.6 is 0 Å². The molecule has 8 nitrogen and oxygen atoms in total. The van der Waals surface area contributed by atoms with Gasteiger partial charge in [-0.05, 0) is 43.3 Å². The lowest BCUT2D eigenvalue weighted by molar-refractivity contribution is 0.0937. The molecule has 9 heteroatoms. The van der Waals surface area contributed by atoms with Crippen LogP contribution in [0.15, 0.2) is 29.4 Å². The molecule has 2 atom stereocenters. The van der Waals surface area contributed by atoms with Crippen LogP contribution in [0.4, 0.5) is 4.39 Å². The Bertz CT molecular complexity index is 1170.